The van der Waals surface area contributed by atoms with E-state index in [1.165, 1.54) is 6.08 Å². The van der Waals surface area contributed by atoms with Crippen LogP contribution in [0.3, 0.4) is 0 Å². The Kier molecular flexibility index (Phi) is 6.45. The average molecular weight is 465 g/mol. The van der Waals surface area contributed by atoms with Crippen molar-refractivity contribution < 1.29 is 14.0 Å². The van der Waals surface area contributed by atoms with Gasteiger partial charge in [-0.1, -0.05) is 18.2 Å². The minimum atomic E-state index is -0.0386. The van der Waals surface area contributed by atoms with Gasteiger partial charge in [-0.3, -0.25) is 14.5 Å². The van der Waals surface area contributed by atoms with Gasteiger partial charge in [0.05, 0.1) is 6.54 Å². The zero-order chi connectivity index (χ0) is 18.4. The number of nitrogens with zero attached hydrogens (tertiary/aromatic N) is 2. The van der Waals surface area contributed by atoms with Crippen molar-refractivity contribution in [1.82, 2.24) is 9.80 Å². The first kappa shape index (κ1) is 18.7. The molecule has 1 aromatic carbocycles. The molecule has 1 aliphatic rings. The number of para-hydroxylation sites is 1. The first-order valence-corrected chi connectivity index (χ1v) is 9.47. The second-order valence-electron chi connectivity index (χ2n) is 5.99. The van der Waals surface area contributed by atoms with Gasteiger partial charge in [-0.2, -0.15) is 0 Å². The molecule has 2 heterocycles. The Hall–Kier alpha value is -2.13. The van der Waals surface area contributed by atoms with Gasteiger partial charge >= 0.3 is 0 Å². The minimum Gasteiger partial charge on any atom is -0.451 e. The van der Waals surface area contributed by atoms with Crippen LogP contribution in [-0.4, -0.2) is 54.3 Å². The van der Waals surface area contributed by atoms with E-state index in [1.807, 2.05) is 42.5 Å². The van der Waals surface area contributed by atoms with Gasteiger partial charge in [0.15, 0.2) is 3.77 Å². The van der Waals surface area contributed by atoms with Crippen LogP contribution in [0, 0.1) is 3.77 Å². The van der Waals surface area contributed by atoms with Crippen molar-refractivity contribution in [3.05, 3.63) is 58.1 Å². The number of carbonyl (C=O) groups is 2. The molecule has 0 radical (unpaired) electrons. The number of nitrogens with one attached hydrogen (secondary N) is 1. The number of anilines is 1. The molecule has 1 N–H and O–H groups in total. The summed E-state index contributed by atoms with van der Waals surface area (Å²) in [5, 5.41) is 2.88. The lowest BCUT2D eigenvalue weighted by Crippen LogP contribution is -2.50. The predicted octanol–water partition coefficient (Wildman–Crippen LogP) is 2.68. The number of rotatable bonds is 5. The summed E-state index contributed by atoms with van der Waals surface area (Å²) in [4.78, 5) is 28.2. The zero-order valence-electron chi connectivity index (χ0n) is 14.2. The van der Waals surface area contributed by atoms with Gasteiger partial charge in [-0.15, -0.1) is 0 Å². The van der Waals surface area contributed by atoms with E-state index in [0.717, 1.165) is 9.45 Å². The van der Waals surface area contributed by atoms with Crippen molar-refractivity contribution in [2.45, 2.75) is 0 Å². The summed E-state index contributed by atoms with van der Waals surface area (Å²) in [6.45, 7) is 2.91. The summed E-state index contributed by atoms with van der Waals surface area (Å²) in [6.07, 6.45) is 3.22. The smallest absolute Gasteiger partial charge is 0.246 e. The maximum Gasteiger partial charge on any atom is 0.246 e. The van der Waals surface area contributed by atoms with Crippen molar-refractivity contribution in [3.63, 3.8) is 0 Å². The van der Waals surface area contributed by atoms with Crippen molar-refractivity contribution in [1.29, 1.82) is 0 Å². The number of benzene rings is 1. The molecule has 1 aliphatic heterocycles. The third-order valence-electron chi connectivity index (χ3n) is 4.09. The van der Waals surface area contributed by atoms with Crippen molar-refractivity contribution in [2.75, 3.05) is 38.0 Å². The highest BCUT2D eigenvalue weighted by Gasteiger charge is 2.21. The Balaban J connectivity index is 1.43. The molecule has 7 heteroatoms. The second kappa shape index (κ2) is 9.00. The Morgan fingerprint density at radius 2 is 1.81 bits per heavy atom. The van der Waals surface area contributed by atoms with Crippen LogP contribution in [0.15, 0.2) is 53.0 Å². The van der Waals surface area contributed by atoms with Crippen LogP contribution >= 0.6 is 22.6 Å². The number of halogens is 1. The molecule has 2 amide bonds. The highest BCUT2D eigenvalue weighted by molar-refractivity contribution is 14.1. The predicted molar refractivity (Wildman–Crippen MR) is 109 cm³/mol. The van der Waals surface area contributed by atoms with E-state index in [1.54, 1.807) is 11.0 Å². The molecule has 0 atom stereocenters. The average Bonchev–Trinajstić information content (AvgIpc) is 3.06. The summed E-state index contributed by atoms with van der Waals surface area (Å²) in [7, 11) is 0. The Labute approximate surface area is 166 Å². The molecule has 1 saturated heterocycles. The molecule has 6 nitrogen and oxygen atoms in total. The maximum absolute atomic E-state index is 12.2. The van der Waals surface area contributed by atoms with E-state index in [4.69, 9.17) is 4.42 Å². The van der Waals surface area contributed by atoms with Crippen LogP contribution in [0.2, 0.25) is 0 Å². The van der Waals surface area contributed by atoms with E-state index in [2.05, 4.69) is 32.8 Å². The quantitative estimate of drug-likeness (QED) is 0.545. The summed E-state index contributed by atoms with van der Waals surface area (Å²) in [5.41, 5.74) is 0.795. The van der Waals surface area contributed by atoms with E-state index < -0.39 is 0 Å². The van der Waals surface area contributed by atoms with Crippen LogP contribution in [0.25, 0.3) is 6.08 Å². The monoisotopic (exact) mass is 465 g/mol. The van der Waals surface area contributed by atoms with Crippen molar-refractivity contribution in [2.24, 2.45) is 0 Å². The number of hydrogen-bond acceptors (Lipinski definition) is 4. The van der Waals surface area contributed by atoms with E-state index in [-0.39, 0.29) is 11.8 Å². The van der Waals surface area contributed by atoms with Crippen molar-refractivity contribution >= 4 is 46.2 Å². The third kappa shape index (κ3) is 5.43. The Bertz CT molecular complexity index is 780. The van der Waals surface area contributed by atoms with Crippen LogP contribution in [0.5, 0.6) is 0 Å². The Morgan fingerprint density at radius 3 is 2.46 bits per heavy atom. The van der Waals surface area contributed by atoms with Crippen LogP contribution in [0.1, 0.15) is 5.76 Å². The van der Waals surface area contributed by atoms with Gasteiger partial charge in [0.2, 0.25) is 11.8 Å². The van der Waals surface area contributed by atoms with Gasteiger partial charge in [0, 0.05) is 37.9 Å². The lowest BCUT2D eigenvalue weighted by molar-refractivity contribution is -0.127. The fraction of sp³-hybridized carbons (Fsp3) is 0.263. The minimum absolute atomic E-state index is 0.0372. The number of furan rings is 1. The van der Waals surface area contributed by atoms with E-state index in [0.29, 0.717) is 38.5 Å². The zero-order valence-corrected chi connectivity index (χ0v) is 16.4. The summed E-state index contributed by atoms with van der Waals surface area (Å²) in [5.74, 6) is 0.590. The maximum atomic E-state index is 12.2. The summed E-state index contributed by atoms with van der Waals surface area (Å²) in [6, 6.07) is 13.1. The first-order valence-electron chi connectivity index (χ1n) is 8.40. The third-order valence-corrected chi connectivity index (χ3v) is 4.67. The molecule has 0 saturated carbocycles. The van der Waals surface area contributed by atoms with E-state index >= 15 is 0 Å². The lowest BCUT2D eigenvalue weighted by Gasteiger charge is -2.33. The highest BCUT2D eigenvalue weighted by atomic mass is 127. The molecule has 1 aromatic heterocycles. The molecule has 1 fully saturated rings. The fourth-order valence-corrected chi connectivity index (χ4v) is 3.16. The number of carbonyl (C=O) groups excluding carboxylic acids is 2. The van der Waals surface area contributed by atoms with Crippen LogP contribution in [-0.2, 0) is 9.59 Å². The second-order valence-corrected chi connectivity index (χ2v) is 7.05. The van der Waals surface area contributed by atoms with Gasteiger partial charge < -0.3 is 14.6 Å². The van der Waals surface area contributed by atoms with Gasteiger partial charge in [0.25, 0.3) is 0 Å². The summed E-state index contributed by atoms with van der Waals surface area (Å²) >= 11 is 2.09. The fourth-order valence-electron chi connectivity index (χ4n) is 2.73. The first-order chi connectivity index (χ1) is 12.6. The molecule has 3 rings (SSSR count). The molecule has 2 aromatic rings. The molecule has 26 heavy (non-hydrogen) atoms. The van der Waals surface area contributed by atoms with Gasteiger partial charge in [-0.05, 0) is 52.9 Å². The normalized spacial score (nSPS) is 15.3. The number of amides is 2. The highest BCUT2D eigenvalue weighted by Crippen LogP contribution is 2.12. The number of piperazine rings is 1. The SMILES string of the molecule is O=C(CN1CCN(C(=O)/C=C/c2ccc(I)o2)CC1)Nc1ccccc1. The van der Waals surface area contributed by atoms with Gasteiger partial charge in [0.1, 0.15) is 5.76 Å². The molecule has 0 unspecified atom stereocenters. The summed E-state index contributed by atoms with van der Waals surface area (Å²) < 4.78 is 6.20. The molecule has 0 aliphatic carbocycles. The van der Waals surface area contributed by atoms with Crippen molar-refractivity contribution in [3.8, 4) is 0 Å². The topological polar surface area (TPSA) is 65.8 Å². The largest absolute Gasteiger partial charge is 0.451 e. The molecule has 0 spiro atoms. The standard InChI is InChI=1S/C19H20IN3O3/c20-17-8-6-16(26-17)7-9-19(25)23-12-10-22(11-13-23)14-18(24)21-15-4-2-1-3-5-15/h1-9H,10-14H2,(H,21,24)/b9-7+. The molecular formula is C19H20IN3O3. The Morgan fingerprint density at radius 1 is 1.08 bits per heavy atom. The van der Waals surface area contributed by atoms with E-state index in [9.17, 15) is 9.59 Å². The molecular weight excluding hydrogens is 445 g/mol. The van der Waals surface area contributed by atoms with Crippen LogP contribution in [0.4, 0.5) is 5.69 Å². The molecule has 136 valence electrons. The van der Waals surface area contributed by atoms with Crippen LogP contribution < -0.4 is 5.32 Å². The lowest BCUT2D eigenvalue weighted by atomic mass is 10.2. The molecule has 0 bridgehead atoms. The number of hydrogen-bond donors (Lipinski definition) is 1. The van der Waals surface area contributed by atoms with Gasteiger partial charge in [-0.25, -0.2) is 0 Å².